The zero-order valence-electron chi connectivity index (χ0n) is 20.1. The van der Waals surface area contributed by atoms with Crippen molar-refractivity contribution in [1.29, 1.82) is 0 Å². The van der Waals surface area contributed by atoms with Crippen LogP contribution in [-0.2, 0) is 24.3 Å². The Bertz CT molecular complexity index is 1300. The van der Waals surface area contributed by atoms with Gasteiger partial charge in [0.25, 0.3) is 5.56 Å². The second kappa shape index (κ2) is 10.0. The first-order valence-corrected chi connectivity index (χ1v) is 12.0. The number of fused-ring (bicyclic) bond motifs is 2. The van der Waals surface area contributed by atoms with E-state index in [1.165, 1.54) is 6.20 Å². The van der Waals surface area contributed by atoms with Gasteiger partial charge in [-0.3, -0.25) is 14.2 Å². The number of anilines is 1. The molecule has 0 spiro atoms. The van der Waals surface area contributed by atoms with Crippen molar-refractivity contribution in [3.05, 3.63) is 45.8 Å². The fourth-order valence-electron chi connectivity index (χ4n) is 4.76. The second-order valence-corrected chi connectivity index (χ2v) is 9.04. The van der Waals surface area contributed by atoms with E-state index >= 15 is 0 Å². The maximum atomic E-state index is 12.5. The van der Waals surface area contributed by atoms with Gasteiger partial charge < -0.3 is 20.3 Å². The molecule has 2 N–H and O–H groups in total. The number of aryl methyl sites for hydroxylation is 1. The third-order valence-corrected chi connectivity index (χ3v) is 6.77. The Hall–Kier alpha value is -3.44. The van der Waals surface area contributed by atoms with Crippen molar-refractivity contribution in [2.24, 2.45) is 0 Å². The van der Waals surface area contributed by atoms with Crippen LogP contribution in [-0.4, -0.2) is 68.1 Å². The smallest absolute Gasteiger partial charge is 0.270 e. The number of rotatable bonds is 7. The zero-order valence-corrected chi connectivity index (χ0v) is 20.1. The van der Waals surface area contributed by atoms with E-state index in [1.807, 2.05) is 13.0 Å². The summed E-state index contributed by atoms with van der Waals surface area (Å²) in [6.07, 6.45) is 4.54. The average Bonchev–Trinajstić information content (AvgIpc) is 2.87. The first-order chi connectivity index (χ1) is 17.0. The highest BCUT2D eigenvalue weighted by molar-refractivity contribution is 5.92. The van der Waals surface area contributed by atoms with Gasteiger partial charge >= 0.3 is 0 Å². The lowest BCUT2D eigenvalue weighted by Crippen LogP contribution is -2.43. The van der Waals surface area contributed by atoms with E-state index in [9.17, 15) is 9.59 Å². The number of nitrogens with one attached hydrogen (secondary N) is 2. The van der Waals surface area contributed by atoms with Crippen molar-refractivity contribution in [3.8, 4) is 5.88 Å². The molecule has 0 bridgehead atoms. The third kappa shape index (κ3) is 5.15. The number of pyridine rings is 1. The second-order valence-electron chi connectivity index (χ2n) is 9.04. The van der Waals surface area contributed by atoms with Crippen LogP contribution in [0, 0.1) is 6.92 Å². The predicted molar refractivity (Wildman–Crippen MR) is 130 cm³/mol. The van der Waals surface area contributed by atoms with Gasteiger partial charge in [0.05, 0.1) is 19.9 Å². The highest BCUT2D eigenvalue weighted by Crippen LogP contribution is 2.23. The molecule has 0 saturated carbocycles. The standard InChI is InChI=1S/C24H30N8O3/c1-15-17-3-5-20(33)29-23(17)28-19(27-15)13-25-16-7-9-31(10-8-16)11-12-32-22(34)14-26-18-4-6-21(35-2)30-24(18)32/h4,6,14,16,25H,3,5,7-13H2,1-2H3,(H,27,28,29,33). The van der Waals surface area contributed by atoms with Crippen LogP contribution < -0.4 is 20.9 Å². The SMILES string of the molecule is COc1ccc2ncc(=O)n(CCN3CCC(NCc4nc(C)c5c(n4)NC(=O)CC5)CC3)c2n1. The normalized spacial score (nSPS) is 16.8. The number of likely N-dealkylation sites (tertiary alicyclic amines) is 1. The highest BCUT2D eigenvalue weighted by Gasteiger charge is 2.22. The van der Waals surface area contributed by atoms with Crippen molar-refractivity contribution in [3.63, 3.8) is 0 Å². The number of methoxy groups -OCH3 is 1. The quantitative estimate of drug-likeness (QED) is 0.512. The lowest BCUT2D eigenvalue weighted by molar-refractivity contribution is -0.116. The van der Waals surface area contributed by atoms with Gasteiger partial charge in [0.1, 0.15) is 17.2 Å². The fraction of sp³-hybridized carbons (Fsp3) is 0.500. The minimum atomic E-state index is -0.161. The van der Waals surface area contributed by atoms with E-state index in [0.29, 0.717) is 60.7 Å². The molecule has 11 nitrogen and oxygen atoms in total. The van der Waals surface area contributed by atoms with E-state index in [1.54, 1.807) is 17.7 Å². The van der Waals surface area contributed by atoms with Crippen LogP contribution >= 0.6 is 0 Å². The Morgan fingerprint density at radius 1 is 1.11 bits per heavy atom. The molecular formula is C24H30N8O3. The molecule has 0 radical (unpaired) electrons. The van der Waals surface area contributed by atoms with Crippen molar-refractivity contribution < 1.29 is 9.53 Å². The number of amides is 1. The molecule has 1 amide bonds. The van der Waals surface area contributed by atoms with Gasteiger partial charge in [-0.15, -0.1) is 0 Å². The van der Waals surface area contributed by atoms with E-state index < -0.39 is 0 Å². The fourth-order valence-corrected chi connectivity index (χ4v) is 4.76. The van der Waals surface area contributed by atoms with Crippen LogP contribution in [0.4, 0.5) is 5.82 Å². The number of ether oxygens (including phenoxy) is 1. The summed E-state index contributed by atoms with van der Waals surface area (Å²) in [5.41, 5.74) is 3.03. The molecule has 2 aliphatic rings. The largest absolute Gasteiger partial charge is 0.481 e. The van der Waals surface area contributed by atoms with Crippen LogP contribution in [0.2, 0.25) is 0 Å². The summed E-state index contributed by atoms with van der Waals surface area (Å²) >= 11 is 0. The van der Waals surface area contributed by atoms with Gasteiger partial charge in [0, 0.05) is 42.9 Å². The molecule has 11 heteroatoms. The van der Waals surface area contributed by atoms with Crippen LogP contribution in [0.5, 0.6) is 5.88 Å². The maximum absolute atomic E-state index is 12.5. The molecule has 0 aromatic carbocycles. The minimum absolute atomic E-state index is 0.0128. The summed E-state index contributed by atoms with van der Waals surface area (Å²) in [6, 6.07) is 3.93. The van der Waals surface area contributed by atoms with E-state index in [4.69, 9.17) is 4.74 Å². The number of aromatic nitrogens is 5. The van der Waals surface area contributed by atoms with Crippen LogP contribution in [0.1, 0.15) is 36.3 Å². The van der Waals surface area contributed by atoms with Gasteiger partial charge in [0.2, 0.25) is 11.8 Å². The monoisotopic (exact) mass is 478 g/mol. The highest BCUT2D eigenvalue weighted by atomic mass is 16.5. The van der Waals surface area contributed by atoms with Gasteiger partial charge in [0.15, 0.2) is 5.65 Å². The lowest BCUT2D eigenvalue weighted by atomic mass is 10.0. The Kier molecular flexibility index (Phi) is 6.69. The van der Waals surface area contributed by atoms with E-state index in [2.05, 4.69) is 35.5 Å². The molecular weight excluding hydrogens is 448 g/mol. The number of hydrogen-bond acceptors (Lipinski definition) is 9. The Balaban J connectivity index is 1.15. The van der Waals surface area contributed by atoms with Gasteiger partial charge in [-0.05, 0) is 45.3 Å². The zero-order chi connectivity index (χ0) is 24.4. The molecule has 5 rings (SSSR count). The van der Waals surface area contributed by atoms with E-state index in [-0.39, 0.29) is 11.5 Å². The number of piperidine rings is 1. The maximum Gasteiger partial charge on any atom is 0.270 e. The van der Waals surface area contributed by atoms with Crippen LogP contribution in [0.25, 0.3) is 11.2 Å². The molecule has 3 aromatic heterocycles. The summed E-state index contributed by atoms with van der Waals surface area (Å²) in [4.78, 5) is 44.4. The lowest BCUT2D eigenvalue weighted by Gasteiger charge is -2.32. The van der Waals surface area contributed by atoms with Gasteiger partial charge in [-0.25, -0.2) is 15.0 Å². The molecule has 5 heterocycles. The molecule has 1 fully saturated rings. The third-order valence-electron chi connectivity index (χ3n) is 6.77. The number of hydrogen-bond donors (Lipinski definition) is 2. The van der Waals surface area contributed by atoms with Crippen molar-refractivity contribution >= 4 is 22.9 Å². The molecule has 0 unspecified atom stereocenters. The molecule has 0 atom stereocenters. The van der Waals surface area contributed by atoms with Gasteiger partial charge in [-0.2, -0.15) is 4.98 Å². The van der Waals surface area contributed by atoms with Gasteiger partial charge in [-0.1, -0.05) is 0 Å². The van der Waals surface area contributed by atoms with E-state index in [0.717, 1.165) is 43.7 Å². The van der Waals surface area contributed by atoms with Crippen molar-refractivity contribution in [2.45, 2.75) is 51.7 Å². The van der Waals surface area contributed by atoms with Crippen molar-refractivity contribution in [1.82, 2.24) is 34.7 Å². The average molecular weight is 479 g/mol. The number of carbonyl (C=O) groups is 1. The molecule has 1 saturated heterocycles. The molecule has 3 aromatic rings. The summed E-state index contributed by atoms with van der Waals surface area (Å²) in [6.45, 7) is 5.73. The Labute approximate surface area is 203 Å². The molecule has 184 valence electrons. The summed E-state index contributed by atoms with van der Waals surface area (Å²) in [5.74, 6) is 1.84. The predicted octanol–water partition coefficient (Wildman–Crippen LogP) is 1.04. The van der Waals surface area contributed by atoms with Crippen molar-refractivity contribution in [2.75, 3.05) is 32.1 Å². The topological polar surface area (TPSA) is 127 Å². The Morgan fingerprint density at radius 2 is 1.94 bits per heavy atom. The molecule has 2 aliphatic heterocycles. The summed E-state index contributed by atoms with van der Waals surface area (Å²) < 4.78 is 6.89. The number of nitrogens with zero attached hydrogens (tertiary/aromatic N) is 6. The van der Waals surface area contributed by atoms with Crippen LogP contribution in [0.3, 0.4) is 0 Å². The molecule has 35 heavy (non-hydrogen) atoms. The first-order valence-electron chi connectivity index (χ1n) is 12.0. The summed E-state index contributed by atoms with van der Waals surface area (Å²) in [5, 5.41) is 6.44. The molecule has 0 aliphatic carbocycles. The number of carbonyl (C=O) groups excluding carboxylic acids is 1. The Morgan fingerprint density at radius 3 is 2.74 bits per heavy atom. The first kappa shape index (κ1) is 23.3. The minimum Gasteiger partial charge on any atom is -0.481 e. The summed E-state index contributed by atoms with van der Waals surface area (Å²) in [7, 11) is 1.56. The van der Waals surface area contributed by atoms with Crippen LogP contribution in [0.15, 0.2) is 23.1 Å².